The maximum Gasteiger partial charge on any atom is 0.212 e. The van der Waals surface area contributed by atoms with Gasteiger partial charge in [0.05, 0.1) is 5.75 Å². The normalized spacial score (nSPS) is 13.9. The molecule has 0 radical (unpaired) electrons. The summed E-state index contributed by atoms with van der Waals surface area (Å²) in [4.78, 5) is 0. The van der Waals surface area contributed by atoms with Gasteiger partial charge in [-0.15, -0.1) is 0 Å². The van der Waals surface area contributed by atoms with Crippen molar-refractivity contribution >= 4 is 21.4 Å². The van der Waals surface area contributed by atoms with E-state index in [1.807, 2.05) is 23.8 Å². The van der Waals surface area contributed by atoms with E-state index in [9.17, 15) is 8.42 Å². The third-order valence-corrected chi connectivity index (χ3v) is 4.51. The average molecular weight is 262 g/mol. The Bertz CT molecular complexity index is 387. The van der Waals surface area contributed by atoms with Crippen LogP contribution in [0, 0.1) is 0 Å². The highest BCUT2D eigenvalue weighted by Crippen LogP contribution is 2.16. The lowest BCUT2D eigenvalue weighted by atomic mass is 10.2. The lowest BCUT2D eigenvalue weighted by Gasteiger charge is -2.12. The minimum absolute atomic E-state index is 0.151. The summed E-state index contributed by atoms with van der Waals surface area (Å²) in [7, 11) is -3.18. The van der Waals surface area contributed by atoms with Crippen LogP contribution in [0.15, 0.2) is 16.8 Å². The van der Waals surface area contributed by atoms with E-state index >= 15 is 0 Å². The summed E-state index contributed by atoms with van der Waals surface area (Å²) in [5.41, 5.74) is 6.33. The van der Waals surface area contributed by atoms with Gasteiger partial charge in [-0.05, 0) is 48.7 Å². The van der Waals surface area contributed by atoms with E-state index in [1.165, 1.54) is 0 Å². The molecule has 4 nitrogen and oxygen atoms in total. The van der Waals surface area contributed by atoms with Crippen LogP contribution < -0.4 is 10.5 Å². The van der Waals surface area contributed by atoms with E-state index in [4.69, 9.17) is 5.73 Å². The number of unbranched alkanes of at least 4 members (excludes halogenated alkanes) is 1. The maximum absolute atomic E-state index is 11.7. The van der Waals surface area contributed by atoms with Crippen LogP contribution in [0.25, 0.3) is 0 Å². The monoisotopic (exact) mass is 262 g/mol. The van der Waals surface area contributed by atoms with E-state index in [0.717, 1.165) is 12.0 Å². The van der Waals surface area contributed by atoms with Gasteiger partial charge >= 0.3 is 0 Å². The molecule has 0 saturated carbocycles. The Morgan fingerprint density at radius 2 is 2.25 bits per heavy atom. The topological polar surface area (TPSA) is 72.2 Å². The number of hydrogen-bond donors (Lipinski definition) is 2. The third kappa shape index (κ3) is 4.61. The molecule has 1 aromatic heterocycles. The first-order valence-corrected chi connectivity index (χ1v) is 7.87. The van der Waals surface area contributed by atoms with E-state index in [0.29, 0.717) is 13.0 Å². The first-order chi connectivity index (χ1) is 7.55. The minimum Gasteiger partial charge on any atom is -0.330 e. The summed E-state index contributed by atoms with van der Waals surface area (Å²) in [5, 5.41) is 3.89. The molecule has 0 aliphatic rings. The molecule has 3 N–H and O–H groups in total. The zero-order valence-corrected chi connectivity index (χ0v) is 11.0. The van der Waals surface area contributed by atoms with Gasteiger partial charge < -0.3 is 5.73 Å². The molecule has 0 fully saturated rings. The highest BCUT2D eigenvalue weighted by molar-refractivity contribution is 7.89. The molecule has 1 aromatic rings. The zero-order chi connectivity index (χ0) is 12.0. The summed E-state index contributed by atoms with van der Waals surface area (Å²) >= 11 is 1.56. The van der Waals surface area contributed by atoms with Crippen molar-refractivity contribution < 1.29 is 8.42 Å². The predicted molar refractivity (Wildman–Crippen MR) is 67.9 cm³/mol. The molecule has 0 aliphatic heterocycles. The molecule has 1 heterocycles. The van der Waals surface area contributed by atoms with Crippen molar-refractivity contribution in [1.29, 1.82) is 0 Å². The summed E-state index contributed by atoms with van der Waals surface area (Å²) in [5.74, 6) is 0.151. The van der Waals surface area contributed by atoms with Gasteiger partial charge in [-0.1, -0.05) is 0 Å². The number of thiophene rings is 1. The Morgan fingerprint density at radius 3 is 2.81 bits per heavy atom. The second-order valence-electron chi connectivity index (χ2n) is 3.71. The van der Waals surface area contributed by atoms with Crippen LogP contribution in [0.5, 0.6) is 0 Å². The fourth-order valence-electron chi connectivity index (χ4n) is 1.35. The molecule has 0 saturated heterocycles. The molecule has 0 aromatic carbocycles. The largest absolute Gasteiger partial charge is 0.330 e. The molecular weight excluding hydrogens is 244 g/mol. The number of nitrogens with one attached hydrogen (secondary N) is 1. The van der Waals surface area contributed by atoms with E-state index in [2.05, 4.69) is 4.72 Å². The second kappa shape index (κ2) is 6.34. The Balaban J connectivity index is 2.46. The highest BCUT2D eigenvalue weighted by Gasteiger charge is 2.15. The van der Waals surface area contributed by atoms with Crippen molar-refractivity contribution in [3.63, 3.8) is 0 Å². The number of hydrogen-bond acceptors (Lipinski definition) is 4. The Kier molecular flexibility index (Phi) is 5.40. The van der Waals surface area contributed by atoms with Crippen molar-refractivity contribution in [2.24, 2.45) is 5.73 Å². The van der Waals surface area contributed by atoms with Crippen molar-refractivity contribution in [1.82, 2.24) is 4.72 Å². The SMILES string of the molecule is CC(NS(=O)(=O)CCCCN)c1ccsc1. The molecule has 92 valence electrons. The van der Waals surface area contributed by atoms with Gasteiger partial charge in [-0.25, -0.2) is 13.1 Å². The van der Waals surface area contributed by atoms with E-state index < -0.39 is 10.0 Å². The highest BCUT2D eigenvalue weighted by atomic mass is 32.2. The maximum atomic E-state index is 11.7. The first-order valence-electron chi connectivity index (χ1n) is 5.27. The van der Waals surface area contributed by atoms with Crippen LogP contribution in [0.1, 0.15) is 31.4 Å². The molecular formula is C10H18N2O2S2. The molecule has 0 spiro atoms. The molecule has 6 heteroatoms. The quantitative estimate of drug-likeness (QED) is 0.731. The van der Waals surface area contributed by atoms with Crippen LogP contribution in [0.4, 0.5) is 0 Å². The van der Waals surface area contributed by atoms with Crippen LogP contribution >= 0.6 is 11.3 Å². The molecule has 16 heavy (non-hydrogen) atoms. The van der Waals surface area contributed by atoms with Crippen LogP contribution in [0.3, 0.4) is 0 Å². The molecule has 0 amide bonds. The van der Waals surface area contributed by atoms with Crippen molar-refractivity contribution in [2.45, 2.75) is 25.8 Å². The molecule has 0 aliphatic carbocycles. The summed E-state index contributed by atoms with van der Waals surface area (Å²) < 4.78 is 26.0. The fraction of sp³-hybridized carbons (Fsp3) is 0.600. The minimum atomic E-state index is -3.18. The summed E-state index contributed by atoms with van der Waals surface area (Å²) in [6.07, 6.45) is 1.36. The van der Waals surface area contributed by atoms with Gasteiger partial charge in [0.15, 0.2) is 0 Å². The summed E-state index contributed by atoms with van der Waals surface area (Å²) in [6, 6.07) is 1.77. The Morgan fingerprint density at radius 1 is 1.50 bits per heavy atom. The van der Waals surface area contributed by atoms with E-state index in [-0.39, 0.29) is 11.8 Å². The lowest BCUT2D eigenvalue weighted by molar-refractivity contribution is 0.563. The number of sulfonamides is 1. The van der Waals surface area contributed by atoms with E-state index in [1.54, 1.807) is 11.3 Å². The lowest BCUT2D eigenvalue weighted by Crippen LogP contribution is -2.29. The molecule has 1 atom stereocenters. The van der Waals surface area contributed by atoms with Gasteiger partial charge in [0, 0.05) is 6.04 Å². The van der Waals surface area contributed by atoms with Crippen molar-refractivity contribution in [2.75, 3.05) is 12.3 Å². The van der Waals surface area contributed by atoms with Gasteiger partial charge in [-0.2, -0.15) is 11.3 Å². The van der Waals surface area contributed by atoms with Crippen molar-refractivity contribution in [3.05, 3.63) is 22.4 Å². The van der Waals surface area contributed by atoms with Crippen LogP contribution in [0.2, 0.25) is 0 Å². The Labute approximate surface area is 101 Å². The van der Waals surface area contributed by atoms with Crippen LogP contribution in [-0.4, -0.2) is 20.7 Å². The van der Waals surface area contributed by atoms with Crippen molar-refractivity contribution in [3.8, 4) is 0 Å². The average Bonchev–Trinajstić information content (AvgIpc) is 2.69. The standard InChI is InChI=1S/C10H18N2O2S2/c1-9(10-4-6-15-8-10)12-16(13,14)7-3-2-5-11/h4,6,8-9,12H,2-3,5,7,11H2,1H3. The number of nitrogens with two attached hydrogens (primary N) is 1. The van der Waals surface area contributed by atoms with Gasteiger partial charge in [0.2, 0.25) is 10.0 Å². The van der Waals surface area contributed by atoms with Gasteiger partial charge in [0.25, 0.3) is 0 Å². The number of rotatable bonds is 7. The van der Waals surface area contributed by atoms with Gasteiger partial charge in [0.1, 0.15) is 0 Å². The fourth-order valence-corrected chi connectivity index (χ4v) is 3.48. The predicted octanol–water partition coefficient (Wildman–Crippen LogP) is 1.47. The third-order valence-electron chi connectivity index (χ3n) is 2.27. The summed E-state index contributed by atoms with van der Waals surface area (Å²) in [6.45, 7) is 2.39. The Hall–Kier alpha value is -0.430. The smallest absolute Gasteiger partial charge is 0.212 e. The van der Waals surface area contributed by atoms with Gasteiger partial charge in [-0.3, -0.25) is 0 Å². The zero-order valence-electron chi connectivity index (χ0n) is 9.35. The molecule has 1 unspecified atom stereocenters. The second-order valence-corrected chi connectivity index (χ2v) is 6.36. The molecule has 1 rings (SSSR count). The molecule has 0 bridgehead atoms. The first kappa shape index (κ1) is 13.6. The van der Waals surface area contributed by atoms with Crippen LogP contribution in [-0.2, 0) is 10.0 Å².